The van der Waals surface area contributed by atoms with E-state index in [4.69, 9.17) is 37.0 Å². The van der Waals surface area contributed by atoms with Gasteiger partial charge in [0, 0.05) is 25.7 Å². The topological polar surface area (TPSA) is 237 Å². The molecule has 564 valence electrons. The van der Waals surface area contributed by atoms with Crippen LogP contribution in [0.4, 0.5) is 0 Å². The highest BCUT2D eigenvalue weighted by Gasteiger charge is 2.30. The lowest BCUT2D eigenvalue weighted by atomic mass is 10.0. The van der Waals surface area contributed by atoms with Gasteiger partial charge in [0.1, 0.15) is 19.3 Å². The molecule has 0 heterocycles. The van der Waals surface area contributed by atoms with Gasteiger partial charge in [-0.2, -0.15) is 0 Å². The van der Waals surface area contributed by atoms with Crippen molar-refractivity contribution in [2.24, 2.45) is 11.8 Å². The maximum Gasteiger partial charge on any atom is 0.472 e. The van der Waals surface area contributed by atoms with E-state index in [-0.39, 0.29) is 25.7 Å². The van der Waals surface area contributed by atoms with Crippen LogP contribution in [0.15, 0.2) is 0 Å². The molecular weight excluding hydrogens is 1250 g/mol. The quantitative estimate of drug-likeness (QED) is 0.0222. The Balaban J connectivity index is 5.22. The van der Waals surface area contributed by atoms with Gasteiger partial charge < -0.3 is 33.8 Å². The molecule has 0 radical (unpaired) electrons. The molecule has 0 aliphatic rings. The number of phosphoric ester groups is 2. The Morgan fingerprint density at radius 2 is 0.484 bits per heavy atom. The van der Waals surface area contributed by atoms with E-state index in [2.05, 4.69) is 41.5 Å². The fraction of sp³-hybridized carbons (Fsp3) is 0.947. The number of phosphoric acid groups is 2. The van der Waals surface area contributed by atoms with Crippen LogP contribution in [-0.2, 0) is 65.4 Å². The normalized spacial score (nSPS) is 14.0. The molecule has 95 heavy (non-hydrogen) atoms. The molecule has 19 heteroatoms. The average molecular weight is 1400 g/mol. The predicted molar refractivity (Wildman–Crippen MR) is 386 cm³/mol. The van der Waals surface area contributed by atoms with Gasteiger partial charge in [0.15, 0.2) is 12.2 Å². The third-order valence-electron chi connectivity index (χ3n) is 17.7. The number of ether oxygens (including phenoxy) is 4. The number of hydrogen-bond acceptors (Lipinski definition) is 15. The van der Waals surface area contributed by atoms with E-state index in [0.29, 0.717) is 31.6 Å². The standard InChI is InChI=1S/C76H148O17P2/c1-7-9-11-13-15-17-19-21-22-23-24-25-26-27-33-37-41-49-55-61-76(81)92-71(64-86-73(78)58-52-46-39-35-32-29-28-30-34-38-44-50-56-68(3)4)66-90-94(82,83)88-62-70(77)63-89-95(84,85)91-67-72(65-87-74(79)59-53-47-43-42-45-51-57-69(5)6)93-75(80)60-54-48-40-36-31-20-18-16-14-12-10-8-2/h68-72,77H,7-67H2,1-6H3,(H,82,83)(H,84,85)/t70-,71-,72-/m1/s1. The van der Waals surface area contributed by atoms with Crippen molar-refractivity contribution in [1.29, 1.82) is 0 Å². The molecule has 17 nitrogen and oxygen atoms in total. The van der Waals surface area contributed by atoms with Crippen LogP contribution in [0, 0.1) is 11.8 Å². The lowest BCUT2D eigenvalue weighted by Gasteiger charge is -2.21. The van der Waals surface area contributed by atoms with Crippen molar-refractivity contribution in [3.8, 4) is 0 Å². The third kappa shape index (κ3) is 70.3. The van der Waals surface area contributed by atoms with Gasteiger partial charge in [0.25, 0.3) is 0 Å². The van der Waals surface area contributed by atoms with Gasteiger partial charge in [-0.15, -0.1) is 0 Å². The average Bonchev–Trinajstić information content (AvgIpc) is 1.52. The van der Waals surface area contributed by atoms with Crippen molar-refractivity contribution in [1.82, 2.24) is 0 Å². The van der Waals surface area contributed by atoms with Crippen LogP contribution in [0.3, 0.4) is 0 Å². The molecule has 0 spiro atoms. The maximum atomic E-state index is 13.1. The van der Waals surface area contributed by atoms with Crippen molar-refractivity contribution in [3.63, 3.8) is 0 Å². The van der Waals surface area contributed by atoms with Crippen molar-refractivity contribution in [2.45, 2.75) is 413 Å². The predicted octanol–water partition coefficient (Wildman–Crippen LogP) is 22.3. The van der Waals surface area contributed by atoms with Gasteiger partial charge in [-0.25, -0.2) is 9.13 Å². The summed E-state index contributed by atoms with van der Waals surface area (Å²) < 4.78 is 68.5. The van der Waals surface area contributed by atoms with Crippen LogP contribution in [0.2, 0.25) is 0 Å². The van der Waals surface area contributed by atoms with E-state index in [9.17, 15) is 43.2 Å². The van der Waals surface area contributed by atoms with Crippen LogP contribution in [0.1, 0.15) is 395 Å². The largest absolute Gasteiger partial charge is 0.472 e. The fourth-order valence-corrected chi connectivity index (χ4v) is 13.2. The second-order valence-corrected chi connectivity index (χ2v) is 31.3. The first kappa shape index (κ1) is 93.1. The summed E-state index contributed by atoms with van der Waals surface area (Å²) >= 11 is 0. The Labute approximate surface area is 581 Å². The highest BCUT2D eigenvalue weighted by molar-refractivity contribution is 7.47. The van der Waals surface area contributed by atoms with Crippen LogP contribution in [-0.4, -0.2) is 96.7 Å². The number of aliphatic hydroxyl groups is 1. The van der Waals surface area contributed by atoms with E-state index in [1.54, 1.807) is 0 Å². The number of hydrogen-bond donors (Lipinski definition) is 3. The van der Waals surface area contributed by atoms with Gasteiger partial charge in [0.2, 0.25) is 0 Å². The van der Waals surface area contributed by atoms with E-state index in [1.807, 2.05) is 0 Å². The molecule has 0 fully saturated rings. The fourth-order valence-electron chi connectivity index (χ4n) is 11.7. The molecule has 0 bridgehead atoms. The Bertz CT molecular complexity index is 1840. The Hall–Kier alpha value is -1.94. The lowest BCUT2D eigenvalue weighted by molar-refractivity contribution is -0.161. The van der Waals surface area contributed by atoms with Crippen molar-refractivity contribution < 1.29 is 80.2 Å². The third-order valence-corrected chi connectivity index (χ3v) is 19.6. The van der Waals surface area contributed by atoms with E-state index < -0.39 is 97.5 Å². The van der Waals surface area contributed by atoms with Crippen LogP contribution < -0.4 is 0 Å². The van der Waals surface area contributed by atoms with Crippen LogP contribution >= 0.6 is 15.6 Å². The summed E-state index contributed by atoms with van der Waals surface area (Å²) in [5.74, 6) is -0.655. The number of unbranched alkanes of at least 4 members (excludes halogenated alkanes) is 45. The second-order valence-electron chi connectivity index (χ2n) is 28.3. The van der Waals surface area contributed by atoms with Gasteiger partial charge in [-0.05, 0) is 37.5 Å². The zero-order valence-electron chi connectivity index (χ0n) is 62.0. The van der Waals surface area contributed by atoms with Crippen LogP contribution in [0.25, 0.3) is 0 Å². The zero-order chi connectivity index (χ0) is 70.0. The minimum atomic E-state index is -4.96. The van der Waals surface area contributed by atoms with E-state index in [0.717, 1.165) is 102 Å². The number of carbonyl (C=O) groups is 4. The molecule has 0 aromatic heterocycles. The molecular formula is C76H148O17P2. The molecule has 0 rings (SSSR count). The Kier molecular flexibility index (Phi) is 66.5. The highest BCUT2D eigenvalue weighted by atomic mass is 31.2. The van der Waals surface area contributed by atoms with Gasteiger partial charge in [0.05, 0.1) is 26.4 Å². The SMILES string of the molecule is CCCCCCCCCCCCCCCCCCCCCC(=O)O[C@H](COC(=O)CCCCCCCCCCCCCCC(C)C)COP(=O)(O)OC[C@@H](O)COP(=O)(O)OC[C@@H](COC(=O)CCCCCCCCC(C)C)OC(=O)CCCCCCCCCCCCCC. The molecule has 3 N–H and O–H groups in total. The first-order chi connectivity index (χ1) is 45.9. The van der Waals surface area contributed by atoms with Crippen molar-refractivity contribution in [3.05, 3.63) is 0 Å². The monoisotopic (exact) mass is 1400 g/mol. The molecule has 2 unspecified atom stereocenters. The van der Waals surface area contributed by atoms with Crippen LogP contribution in [0.5, 0.6) is 0 Å². The summed E-state index contributed by atoms with van der Waals surface area (Å²) in [6, 6.07) is 0. The summed E-state index contributed by atoms with van der Waals surface area (Å²) in [7, 11) is -9.91. The summed E-state index contributed by atoms with van der Waals surface area (Å²) in [5, 5.41) is 10.6. The summed E-state index contributed by atoms with van der Waals surface area (Å²) in [5.41, 5.74) is 0. The van der Waals surface area contributed by atoms with Gasteiger partial charge in [-0.3, -0.25) is 37.3 Å². The number of carbonyl (C=O) groups excluding carboxylic acids is 4. The number of esters is 4. The molecule has 5 atom stereocenters. The second kappa shape index (κ2) is 67.9. The summed E-state index contributed by atoms with van der Waals surface area (Å²) in [4.78, 5) is 72.8. The first-order valence-corrected chi connectivity index (χ1v) is 42.5. The van der Waals surface area contributed by atoms with E-state index in [1.165, 1.54) is 205 Å². The highest BCUT2D eigenvalue weighted by Crippen LogP contribution is 2.45. The Morgan fingerprint density at radius 1 is 0.284 bits per heavy atom. The van der Waals surface area contributed by atoms with Crippen molar-refractivity contribution >= 4 is 39.5 Å². The minimum absolute atomic E-state index is 0.106. The first-order valence-electron chi connectivity index (χ1n) is 39.5. The smallest absolute Gasteiger partial charge is 0.462 e. The summed E-state index contributed by atoms with van der Waals surface area (Å²) in [6.45, 7) is 9.53. The Morgan fingerprint density at radius 3 is 0.716 bits per heavy atom. The molecule has 0 amide bonds. The van der Waals surface area contributed by atoms with Gasteiger partial charge in [-0.1, -0.05) is 343 Å². The molecule has 0 saturated carbocycles. The molecule has 0 aliphatic carbocycles. The minimum Gasteiger partial charge on any atom is -0.462 e. The molecule has 0 saturated heterocycles. The van der Waals surface area contributed by atoms with Crippen molar-refractivity contribution in [2.75, 3.05) is 39.6 Å². The summed E-state index contributed by atoms with van der Waals surface area (Å²) in [6.07, 6.45) is 55.6. The maximum absolute atomic E-state index is 13.1. The van der Waals surface area contributed by atoms with Gasteiger partial charge >= 0.3 is 39.5 Å². The van der Waals surface area contributed by atoms with E-state index >= 15 is 0 Å². The lowest BCUT2D eigenvalue weighted by Crippen LogP contribution is -2.30. The number of aliphatic hydroxyl groups excluding tert-OH is 1. The molecule has 0 aromatic rings. The molecule has 0 aliphatic heterocycles. The zero-order valence-corrected chi connectivity index (χ0v) is 63.8. The molecule has 0 aromatic carbocycles. The number of rotatable bonds is 75.